The van der Waals surface area contributed by atoms with Gasteiger partial charge in [0.2, 0.25) is 0 Å². The number of amides is 1. The summed E-state index contributed by atoms with van der Waals surface area (Å²) < 4.78 is 0. The minimum atomic E-state index is -0.532. The standard InChI is InChI=1S/C13H13Cl2N3O/c1-2-5-17-8-9(7-16)13(19)18-12-6-10(14)3-4-11(12)15/h3-4,6,8,17H,2,5H2,1H3,(H,18,19)/b9-8-. The lowest BCUT2D eigenvalue weighted by molar-refractivity contribution is -0.112. The minimum absolute atomic E-state index is 0.0236. The molecule has 1 amide bonds. The highest BCUT2D eigenvalue weighted by molar-refractivity contribution is 6.35. The molecule has 0 aliphatic heterocycles. The van der Waals surface area contributed by atoms with Crippen LogP contribution in [0.25, 0.3) is 0 Å². The first-order valence-corrected chi connectivity index (χ1v) is 6.44. The number of rotatable bonds is 5. The fourth-order valence-electron chi connectivity index (χ4n) is 1.25. The van der Waals surface area contributed by atoms with Crippen molar-refractivity contribution >= 4 is 34.8 Å². The second-order valence-electron chi connectivity index (χ2n) is 3.70. The van der Waals surface area contributed by atoms with Crippen molar-refractivity contribution in [2.45, 2.75) is 13.3 Å². The van der Waals surface area contributed by atoms with Crippen molar-refractivity contribution in [3.8, 4) is 6.07 Å². The van der Waals surface area contributed by atoms with Gasteiger partial charge in [-0.1, -0.05) is 30.1 Å². The molecule has 0 saturated carbocycles. The van der Waals surface area contributed by atoms with Crippen LogP contribution in [0.1, 0.15) is 13.3 Å². The van der Waals surface area contributed by atoms with Crippen LogP contribution in [-0.4, -0.2) is 12.5 Å². The van der Waals surface area contributed by atoms with Crippen molar-refractivity contribution in [1.82, 2.24) is 5.32 Å². The van der Waals surface area contributed by atoms with E-state index in [4.69, 9.17) is 28.5 Å². The number of nitriles is 1. The predicted molar refractivity (Wildman–Crippen MR) is 77.1 cm³/mol. The van der Waals surface area contributed by atoms with Crippen molar-refractivity contribution in [2.75, 3.05) is 11.9 Å². The fourth-order valence-corrected chi connectivity index (χ4v) is 1.59. The molecule has 1 rings (SSSR count). The van der Waals surface area contributed by atoms with Crippen LogP contribution in [0, 0.1) is 11.3 Å². The van der Waals surface area contributed by atoms with E-state index in [2.05, 4.69) is 10.6 Å². The van der Waals surface area contributed by atoms with Gasteiger partial charge in [-0.2, -0.15) is 5.26 Å². The van der Waals surface area contributed by atoms with Gasteiger partial charge in [-0.3, -0.25) is 4.79 Å². The first-order chi connectivity index (χ1) is 9.08. The fraction of sp³-hybridized carbons (Fsp3) is 0.231. The number of nitrogens with one attached hydrogen (secondary N) is 2. The molecule has 0 radical (unpaired) electrons. The van der Waals surface area contributed by atoms with E-state index in [1.54, 1.807) is 12.1 Å². The quantitative estimate of drug-likeness (QED) is 0.498. The first kappa shape index (κ1) is 15.4. The lowest BCUT2D eigenvalue weighted by atomic mass is 10.2. The topological polar surface area (TPSA) is 64.9 Å². The van der Waals surface area contributed by atoms with Crippen LogP contribution in [0.4, 0.5) is 5.69 Å². The molecule has 19 heavy (non-hydrogen) atoms. The summed E-state index contributed by atoms with van der Waals surface area (Å²) in [5.74, 6) is -0.532. The normalized spacial score (nSPS) is 10.7. The maximum Gasteiger partial charge on any atom is 0.267 e. The highest BCUT2D eigenvalue weighted by atomic mass is 35.5. The zero-order valence-corrected chi connectivity index (χ0v) is 11.8. The number of carbonyl (C=O) groups excluding carboxylic acids is 1. The van der Waals surface area contributed by atoms with Crippen LogP contribution in [0.2, 0.25) is 10.0 Å². The Morgan fingerprint density at radius 3 is 2.84 bits per heavy atom. The third kappa shape index (κ3) is 4.82. The monoisotopic (exact) mass is 297 g/mol. The van der Waals surface area contributed by atoms with E-state index in [1.165, 1.54) is 12.3 Å². The molecule has 1 aromatic rings. The van der Waals surface area contributed by atoms with E-state index in [1.807, 2.05) is 13.0 Å². The third-order valence-corrected chi connectivity index (χ3v) is 2.75. The van der Waals surface area contributed by atoms with Crippen LogP contribution in [0.15, 0.2) is 30.0 Å². The lowest BCUT2D eigenvalue weighted by Gasteiger charge is -2.07. The Morgan fingerprint density at radius 1 is 1.47 bits per heavy atom. The summed E-state index contributed by atoms with van der Waals surface area (Å²) in [5, 5.41) is 15.1. The van der Waals surface area contributed by atoms with Crippen molar-refractivity contribution < 1.29 is 4.79 Å². The minimum Gasteiger partial charge on any atom is -0.390 e. The molecule has 0 aliphatic carbocycles. The van der Waals surface area contributed by atoms with Crippen LogP contribution in [0.3, 0.4) is 0 Å². The molecule has 2 N–H and O–H groups in total. The Kier molecular flexibility index (Phi) is 6.20. The number of hydrogen-bond donors (Lipinski definition) is 2. The van der Waals surface area contributed by atoms with Gasteiger partial charge in [0, 0.05) is 17.8 Å². The molecule has 100 valence electrons. The van der Waals surface area contributed by atoms with Gasteiger partial charge in [0.25, 0.3) is 5.91 Å². The van der Waals surface area contributed by atoms with Crippen molar-refractivity contribution in [3.05, 3.63) is 40.0 Å². The number of benzene rings is 1. The summed E-state index contributed by atoms with van der Waals surface area (Å²) in [5.41, 5.74) is 0.348. The Morgan fingerprint density at radius 2 is 2.21 bits per heavy atom. The third-order valence-electron chi connectivity index (χ3n) is 2.18. The van der Waals surface area contributed by atoms with Crippen LogP contribution in [0.5, 0.6) is 0 Å². The molecule has 4 nitrogen and oxygen atoms in total. The SMILES string of the molecule is CCCN/C=C(/C#N)C(=O)Nc1cc(Cl)ccc1Cl. The molecule has 0 aromatic heterocycles. The Hall–Kier alpha value is -1.70. The summed E-state index contributed by atoms with van der Waals surface area (Å²) in [6.07, 6.45) is 2.29. The van der Waals surface area contributed by atoms with Gasteiger partial charge < -0.3 is 10.6 Å². The lowest BCUT2D eigenvalue weighted by Crippen LogP contribution is -2.17. The van der Waals surface area contributed by atoms with Crippen molar-refractivity contribution in [1.29, 1.82) is 5.26 Å². The number of nitrogens with zero attached hydrogens (tertiary/aromatic N) is 1. The van der Waals surface area contributed by atoms with E-state index >= 15 is 0 Å². The van der Waals surface area contributed by atoms with Crippen LogP contribution >= 0.6 is 23.2 Å². The molecule has 0 saturated heterocycles. The molecule has 0 heterocycles. The van der Waals surface area contributed by atoms with Gasteiger partial charge in [0.05, 0.1) is 10.7 Å². The van der Waals surface area contributed by atoms with Gasteiger partial charge in [-0.25, -0.2) is 0 Å². The molecule has 0 fully saturated rings. The van der Waals surface area contributed by atoms with Gasteiger partial charge in [0.1, 0.15) is 11.6 Å². The molecule has 6 heteroatoms. The molecule has 0 spiro atoms. The number of hydrogen-bond acceptors (Lipinski definition) is 3. The van der Waals surface area contributed by atoms with Crippen molar-refractivity contribution in [3.63, 3.8) is 0 Å². The maximum absolute atomic E-state index is 11.9. The summed E-state index contributed by atoms with van der Waals surface area (Å²) in [6.45, 7) is 2.68. The highest BCUT2D eigenvalue weighted by Crippen LogP contribution is 2.25. The Labute approximate surface area is 122 Å². The highest BCUT2D eigenvalue weighted by Gasteiger charge is 2.11. The molecule has 0 unspecified atom stereocenters. The zero-order valence-electron chi connectivity index (χ0n) is 10.3. The first-order valence-electron chi connectivity index (χ1n) is 5.68. The molecule has 0 aliphatic rings. The molecule has 1 aromatic carbocycles. The van der Waals surface area contributed by atoms with E-state index in [0.717, 1.165) is 6.42 Å². The smallest absolute Gasteiger partial charge is 0.267 e. The molecular weight excluding hydrogens is 285 g/mol. The predicted octanol–water partition coefficient (Wildman–Crippen LogP) is 3.34. The maximum atomic E-state index is 11.9. The van der Waals surface area contributed by atoms with E-state index < -0.39 is 5.91 Å². The van der Waals surface area contributed by atoms with Gasteiger partial charge >= 0.3 is 0 Å². The van der Waals surface area contributed by atoms with Crippen molar-refractivity contribution in [2.24, 2.45) is 0 Å². The largest absolute Gasteiger partial charge is 0.390 e. The zero-order chi connectivity index (χ0) is 14.3. The number of anilines is 1. The van der Waals surface area contributed by atoms with E-state index in [9.17, 15) is 4.79 Å². The average Bonchev–Trinajstić information content (AvgIpc) is 2.39. The van der Waals surface area contributed by atoms with E-state index in [0.29, 0.717) is 22.3 Å². The molecular formula is C13H13Cl2N3O. The average molecular weight is 298 g/mol. The molecule has 0 bridgehead atoms. The summed E-state index contributed by atoms with van der Waals surface area (Å²) in [4.78, 5) is 11.9. The summed E-state index contributed by atoms with van der Waals surface area (Å²) in [7, 11) is 0. The number of halogens is 2. The Bertz CT molecular complexity index is 535. The second-order valence-corrected chi connectivity index (χ2v) is 4.55. The van der Waals surface area contributed by atoms with Crippen LogP contribution < -0.4 is 10.6 Å². The van der Waals surface area contributed by atoms with Crippen LogP contribution in [-0.2, 0) is 4.79 Å². The van der Waals surface area contributed by atoms with Gasteiger partial charge in [-0.15, -0.1) is 0 Å². The number of carbonyl (C=O) groups is 1. The Balaban J connectivity index is 2.80. The van der Waals surface area contributed by atoms with E-state index in [-0.39, 0.29) is 5.57 Å². The van der Waals surface area contributed by atoms with Gasteiger partial charge in [0.15, 0.2) is 0 Å². The summed E-state index contributed by atoms with van der Waals surface area (Å²) >= 11 is 11.7. The molecule has 0 atom stereocenters. The van der Waals surface area contributed by atoms with Gasteiger partial charge in [-0.05, 0) is 24.6 Å². The second kappa shape index (κ2) is 7.67. The summed E-state index contributed by atoms with van der Waals surface area (Å²) in [6, 6.07) is 6.54.